The molecule has 1 saturated heterocycles. The maximum Gasteiger partial charge on any atom is 0.240 e. The van der Waals surface area contributed by atoms with Crippen LogP contribution in [0.1, 0.15) is 17.8 Å². The molecule has 2 atom stereocenters. The van der Waals surface area contributed by atoms with Crippen molar-refractivity contribution in [2.45, 2.75) is 23.9 Å². The van der Waals surface area contributed by atoms with Gasteiger partial charge in [0.05, 0.1) is 16.6 Å². The van der Waals surface area contributed by atoms with Crippen LogP contribution in [0.4, 0.5) is 14.5 Å². The second kappa shape index (κ2) is 9.66. The van der Waals surface area contributed by atoms with Crippen molar-refractivity contribution in [2.24, 2.45) is 0 Å². The number of anilines is 1. The average molecular weight is 478 g/mol. The van der Waals surface area contributed by atoms with Crippen molar-refractivity contribution in [3.63, 3.8) is 0 Å². The van der Waals surface area contributed by atoms with Crippen LogP contribution in [0, 0.1) is 11.6 Å². The number of hydrogen-bond acceptors (Lipinski definition) is 5. The third-order valence-corrected chi connectivity index (χ3v) is 8.19. The highest BCUT2D eigenvalue weighted by molar-refractivity contribution is 7.89. The quantitative estimate of drug-likeness (QED) is 0.553. The Morgan fingerprint density at radius 2 is 1.62 bits per heavy atom. The number of thiophene rings is 1. The van der Waals surface area contributed by atoms with Crippen molar-refractivity contribution < 1.29 is 17.2 Å². The van der Waals surface area contributed by atoms with Gasteiger partial charge in [-0.05, 0) is 54.8 Å². The van der Waals surface area contributed by atoms with E-state index >= 15 is 0 Å². The van der Waals surface area contributed by atoms with E-state index in [2.05, 4.69) is 9.62 Å². The lowest BCUT2D eigenvalue weighted by molar-refractivity contribution is 0.163. The van der Waals surface area contributed by atoms with Crippen molar-refractivity contribution >= 4 is 27.0 Å². The first kappa shape index (κ1) is 22.8. The van der Waals surface area contributed by atoms with Crippen LogP contribution < -0.4 is 9.62 Å². The maximum atomic E-state index is 14.2. The molecule has 0 aliphatic carbocycles. The van der Waals surface area contributed by atoms with Crippen molar-refractivity contribution in [1.29, 1.82) is 0 Å². The van der Waals surface area contributed by atoms with Crippen LogP contribution in [0.2, 0.25) is 0 Å². The molecular weight excluding hydrogens is 452 g/mol. The van der Waals surface area contributed by atoms with Gasteiger partial charge in [-0.15, -0.1) is 11.3 Å². The highest BCUT2D eigenvalue weighted by Gasteiger charge is 2.33. The molecule has 1 aliphatic heterocycles. The molecule has 4 rings (SSSR count). The van der Waals surface area contributed by atoms with E-state index in [4.69, 9.17) is 0 Å². The number of nitrogens with zero attached hydrogens (tertiary/aromatic N) is 2. The van der Waals surface area contributed by atoms with Gasteiger partial charge in [-0.1, -0.05) is 18.2 Å². The lowest BCUT2D eigenvalue weighted by atomic mass is 10.1. The van der Waals surface area contributed by atoms with Crippen LogP contribution in [-0.2, 0) is 10.0 Å². The van der Waals surface area contributed by atoms with Crippen LogP contribution in [0.3, 0.4) is 0 Å². The largest absolute Gasteiger partial charge is 0.367 e. The van der Waals surface area contributed by atoms with Gasteiger partial charge in [0.2, 0.25) is 10.0 Å². The topological polar surface area (TPSA) is 52.7 Å². The summed E-state index contributed by atoms with van der Waals surface area (Å²) in [5, 5.41) is 1.97. The van der Waals surface area contributed by atoms with Gasteiger partial charge in [0.15, 0.2) is 0 Å². The minimum Gasteiger partial charge on any atom is -0.367 e. The van der Waals surface area contributed by atoms with Crippen molar-refractivity contribution in [3.05, 3.63) is 82.6 Å². The molecule has 170 valence electrons. The summed E-state index contributed by atoms with van der Waals surface area (Å²) >= 11 is 1.58. The van der Waals surface area contributed by atoms with Gasteiger partial charge in [-0.2, -0.15) is 0 Å². The van der Waals surface area contributed by atoms with E-state index in [1.807, 2.05) is 35.4 Å². The van der Waals surface area contributed by atoms with Gasteiger partial charge < -0.3 is 4.90 Å². The Hall–Kier alpha value is -2.33. The monoisotopic (exact) mass is 477 g/mol. The molecular formula is C23H25F2N3O2S2. The Balaban J connectivity index is 1.51. The van der Waals surface area contributed by atoms with Gasteiger partial charge in [0.1, 0.15) is 11.6 Å². The molecule has 0 saturated carbocycles. The summed E-state index contributed by atoms with van der Waals surface area (Å²) in [5.41, 5.74) is 0.588. The van der Waals surface area contributed by atoms with Gasteiger partial charge in [-0.25, -0.2) is 21.9 Å². The summed E-state index contributed by atoms with van der Waals surface area (Å²) in [4.78, 5) is 5.34. The highest BCUT2D eigenvalue weighted by Crippen LogP contribution is 2.31. The molecule has 0 unspecified atom stereocenters. The van der Waals surface area contributed by atoms with Crippen LogP contribution in [0.5, 0.6) is 0 Å². The van der Waals surface area contributed by atoms with E-state index in [0.717, 1.165) is 17.0 Å². The number of sulfonamides is 1. The molecule has 1 N–H and O–H groups in total. The van der Waals surface area contributed by atoms with E-state index in [0.29, 0.717) is 31.9 Å². The highest BCUT2D eigenvalue weighted by atomic mass is 32.2. The van der Waals surface area contributed by atoms with Gasteiger partial charge in [0, 0.05) is 37.1 Å². The molecule has 32 heavy (non-hydrogen) atoms. The van der Waals surface area contributed by atoms with Gasteiger partial charge in [0.25, 0.3) is 0 Å². The number of nitrogens with one attached hydrogen (secondary N) is 1. The van der Waals surface area contributed by atoms with Crippen molar-refractivity contribution in [2.75, 3.05) is 31.1 Å². The van der Waals surface area contributed by atoms with E-state index in [9.17, 15) is 17.2 Å². The van der Waals surface area contributed by atoms with E-state index < -0.39 is 21.9 Å². The number of benzene rings is 2. The Bertz CT molecular complexity index is 1130. The fourth-order valence-corrected chi connectivity index (χ4v) is 6.36. The SMILES string of the molecule is C[C@@H](NS(=O)(=O)c1ccc(F)cc1)[C@H](c1cccs1)N1CCN(c2ccccc2F)CC1. The summed E-state index contributed by atoms with van der Waals surface area (Å²) in [7, 11) is -3.81. The molecule has 3 aromatic rings. The lowest BCUT2D eigenvalue weighted by Crippen LogP contribution is -2.52. The molecule has 1 aliphatic rings. The second-order valence-corrected chi connectivity index (χ2v) is 10.5. The van der Waals surface area contributed by atoms with Crippen LogP contribution in [0.25, 0.3) is 0 Å². The van der Waals surface area contributed by atoms with Crippen molar-refractivity contribution in [1.82, 2.24) is 9.62 Å². The molecule has 0 amide bonds. The molecule has 0 radical (unpaired) electrons. The third kappa shape index (κ3) is 5.01. The van der Waals surface area contributed by atoms with Crippen LogP contribution >= 0.6 is 11.3 Å². The molecule has 2 aromatic carbocycles. The normalized spacial score (nSPS) is 17.3. The smallest absolute Gasteiger partial charge is 0.240 e. The first-order chi connectivity index (χ1) is 15.3. The first-order valence-corrected chi connectivity index (χ1v) is 12.8. The summed E-state index contributed by atoms with van der Waals surface area (Å²) in [6.07, 6.45) is 0. The molecule has 2 heterocycles. The van der Waals surface area contributed by atoms with E-state index in [1.54, 1.807) is 23.5 Å². The zero-order valence-corrected chi connectivity index (χ0v) is 19.3. The predicted molar refractivity (Wildman–Crippen MR) is 123 cm³/mol. The van der Waals surface area contributed by atoms with Crippen LogP contribution in [-0.4, -0.2) is 45.5 Å². The minimum absolute atomic E-state index is 0.0278. The van der Waals surface area contributed by atoms with Gasteiger partial charge in [-0.3, -0.25) is 4.90 Å². The summed E-state index contributed by atoms with van der Waals surface area (Å²) in [6.45, 7) is 4.45. The summed E-state index contributed by atoms with van der Waals surface area (Å²) in [6, 6.07) is 14.9. The van der Waals surface area contributed by atoms with Gasteiger partial charge >= 0.3 is 0 Å². The maximum absolute atomic E-state index is 14.2. The Morgan fingerprint density at radius 1 is 0.938 bits per heavy atom. The number of para-hydroxylation sites is 1. The fourth-order valence-electron chi connectivity index (χ4n) is 4.14. The molecule has 9 heteroatoms. The Kier molecular flexibility index (Phi) is 6.90. The minimum atomic E-state index is -3.81. The number of halogens is 2. The van der Waals surface area contributed by atoms with E-state index in [-0.39, 0.29) is 16.8 Å². The standard InChI is InChI=1S/C23H25F2N3O2S2/c1-17(26-32(29,30)19-10-8-18(24)9-11-19)23(22-7-4-16-31-22)28-14-12-27(13-15-28)21-6-3-2-5-20(21)25/h2-11,16-17,23,26H,12-15H2,1H3/t17-,23-/m1/s1. The number of hydrogen-bond donors (Lipinski definition) is 1. The molecule has 1 aromatic heterocycles. The van der Waals surface area contributed by atoms with E-state index in [1.165, 1.54) is 18.2 Å². The summed E-state index contributed by atoms with van der Waals surface area (Å²) in [5.74, 6) is -0.725. The molecule has 0 spiro atoms. The lowest BCUT2D eigenvalue weighted by Gasteiger charge is -2.42. The number of piperazine rings is 1. The van der Waals surface area contributed by atoms with Crippen LogP contribution in [0.15, 0.2) is 70.9 Å². The Morgan fingerprint density at radius 3 is 2.25 bits per heavy atom. The third-order valence-electron chi connectivity index (χ3n) is 5.67. The summed E-state index contributed by atoms with van der Waals surface area (Å²) < 4.78 is 56.0. The zero-order valence-electron chi connectivity index (χ0n) is 17.6. The van der Waals surface area contributed by atoms with Crippen molar-refractivity contribution in [3.8, 4) is 0 Å². The number of rotatable bonds is 7. The Labute approximate surface area is 191 Å². The molecule has 0 bridgehead atoms. The average Bonchev–Trinajstić information content (AvgIpc) is 3.29. The first-order valence-electron chi connectivity index (χ1n) is 10.4. The molecule has 1 fully saturated rings. The zero-order chi connectivity index (χ0) is 22.7. The second-order valence-electron chi connectivity index (χ2n) is 7.80. The fraction of sp³-hybridized carbons (Fsp3) is 0.304. The predicted octanol–water partition coefficient (Wildman–Crippen LogP) is 4.26. The molecule has 5 nitrogen and oxygen atoms in total.